The minimum atomic E-state index is -0.173. The molecule has 0 aliphatic carbocycles. The Balaban J connectivity index is 1.39. The summed E-state index contributed by atoms with van der Waals surface area (Å²) in [5.41, 5.74) is 1.54. The first-order valence-electron chi connectivity index (χ1n) is 10.3. The first kappa shape index (κ1) is 18.7. The molecule has 6 nitrogen and oxygen atoms in total. The molecule has 3 heterocycles. The number of likely N-dealkylation sites (tertiary alicyclic amines) is 1. The number of nitrogens with zero attached hydrogens (tertiary/aromatic N) is 1. The monoisotopic (exact) mass is 404 g/mol. The second-order valence-corrected chi connectivity index (χ2v) is 8.58. The van der Waals surface area contributed by atoms with E-state index in [1.165, 1.54) is 5.56 Å². The van der Waals surface area contributed by atoms with Gasteiger partial charge in [-0.2, -0.15) is 0 Å². The maximum Gasteiger partial charge on any atom is 0.255 e. The van der Waals surface area contributed by atoms with Gasteiger partial charge in [0, 0.05) is 30.1 Å². The lowest BCUT2D eigenvalue weighted by atomic mass is 9.76. The molecule has 1 N–H and O–H groups in total. The molecule has 1 saturated heterocycles. The van der Waals surface area contributed by atoms with Crippen molar-refractivity contribution in [2.24, 2.45) is 5.41 Å². The Morgan fingerprint density at radius 2 is 1.93 bits per heavy atom. The number of aromatic nitrogens is 1. The Labute approximate surface area is 174 Å². The Morgan fingerprint density at radius 1 is 1.13 bits per heavy atom. The summed E-state index contributed by atoms with van der Waals surface area (Å²) in [5, 5.41) is 1.25. The normalized spacial score (nSPS) is 20.5. The number of nitrogens with one attached hydrogen (secondary N) is 1. The van der Waals surface area contributed by atoms with Gasteiger partial charge in [-0.1, -0.05) is 31.2 Å². The molecule has 0 bridgehead atoms. The molecule has 0 spiro atoms. The van der Waals surface area contributed by atoms with Gasteiger partial charge in [-0.05, 0) is 48.4 Å². The number of carbonyl (C=O) groups excluding carboxylic acids is 1. The molecule has 3 aromatic rings. The molecule has 2 aliphatic rings. The Kier molecular flexibility index (Phi) is 4.50. The number of amides is 1. The summed E-state index contributed by atoms with van der Waals surface area (Å²) in [6, 6.07) is 13.4. The number of aromatic amines is 1. The fourth-order valence-corrected chi connectivity index (χ4v) is 4.73. The zero-order valence-electron chi connectivity index (χ0n) is 16.9. The van der Waals surface area contributed by atoms with E-state index in [1.807, 2.05) is 35.2 Å². The maximum atomic E-state index is 13.4. The van der Waals surface area contributed by atoms with Crippen molar-refractivity contribution in [2.75, 3.05) is 19.9 Å². The highest BCUT2D eigenvalue weighted by molar-refractivity contribution is 6.06. The summed E-state index contributed by atoms with van der Waals surface area (Å²) < 4.78 is 10.9. The van der Waals surface area contributed by atoms with Gasteiger partial charge >= 0.3 is 0 Å². The number of benzene rings is 2. The molecule has 6 heteroatoms. The zero-order chi connectivity index (χ0) is 20.7. The van der Waals surface area contributed by atoms with E-state index in [0.717, 1.165) is 37.3 Å². The molecule has 30 heavy (non-hydrogen) atoms. The van der Waals surface area contributed by atoms with Crippen molar-refractivity contribution in [1.82, 2.24) is 9.88 Å². The highest BCUT2D eigenvalue weighted by Gasteiger charge is 2.34. The molecule has 1 amide bonds. The number of ether oxygens (including phenoxy) is 2. The SMILES string of the molecule is C[C@@]1(Cc2ccc3c(c2)OCO3)CCCN(C(=O)c2c[nH]c(=O)c3ccccc23)C1. The van der Waals surface area contributed by atoms with Crippen molar-refractivity contribution in [3.05, 3.63) is 70.1 Å². The average molecular weight is 404 g/mol. The van der Waals surface area contributed by atoms with Crippen LogP contribution in [0.1, 0.15) is 35.7 Å². The minimum absolute atomic E-state index is 0.0282. The van der Waals surface area contributed by atoms with Gasteiger partial charge in [-0.3, -0.25) is 9.59 Å². The van der Waals surface area contributed by atoms with Crippen LogP contribution in [0.2, 0.25) is 0 Å². The smallest absolute Gasteiger partial charge is 0.255 e. The second kappa shape index (κ2) is 7.20. The standard InChI is InChI=1S/C24H24N2O4/c1-24(12-16-7-8-20-21(11-16)30-15-29-20)9-4-10-26(14-24)23(28)19-13-25-22(27)18-6-3-2-5-17(18)19/h2-3,5-8,11,13H,4,9-10,12,14-15H2,1H3,(H,25,27)/t24-/m0/s1. The molecule has 0 saturated carbocycles. The largest absolute Gasteiger partial charge is 0.454 e. The van der Waals surface area contributed by atoms with E-state index in [-0.39, 0.29) is 23.7 Å². The van der Waals surface area contributed by atoms with Crippen LogP contribution in [-0.2, 0) is 6.42 Å². The first-order valence-corrected chi connectivity index (χ1v) is 10.3. The van der Waals surface area contributed by atoms with Crippen LogP contribution in [0.25, 0.3) is 10.8 Å². The predicted molar refractivity (Wildman–Crippen MR) is 114 cm³/mol. The van der Waals surface area contributed by atoms with Crippen molar-refractivity contribution in [2.45, 2.75) is 26.2 Å². The summed E-state index contributed by atoms with van der Waals surface area (Å²) in [5.74, 6) is 1.55. The molecule has 1 fully saturated rings. The van der Waals surface area contributed by atoms with Gasteiger partial charge in [0.1, 0.15) is 0 Å². The lowest BCUT2D eigenvalue weighted by Gasteiger charge is -2.41. The lowest BCUT2D eigenvalue weighted by molar-refractivity contribution is 0.0552. The minimum Gasteiger partial charge on any atom is -0.454 e. The number of rotatable bonds is 3. The first-order chi connectivity index (χ1) is 14.5. The Morgan fingerprint density at radius 3 is 2.80 bits per heavy atom. The number of piperidine rings is 1. The number of carbonyl (C=O) groups is 1. The number of fused-ring (bicyclic) bond motifs is 2. The average Bonchev–Trinajstić information content (AvgIpc) is 3.21. The van der Waals surface area contributed by atoms with Crippen LogP contribution in [0, 0.1) is 5.41 Å². The maximum absolute atomic E-state index is 13.4. The van der Waals surface area contributed by atoms with Gasteiger partial charge in [-0.25, -0.2) is 0 Å². The van der Waals surface area contributed by atoms with E-state index in [2.05, 4.69) is 18.0 Å². The van der Waals surface area contributed by atoms with Gasteiger partial charge in [-0.15, -0.1) is 0 Å². The summed E-state index contributed by atoms with van der Waals surface area (Å²) in [7, 11) is 0. The van der Waals surface area contributed by atoms with Gasteiger partial charge in [0.15, 0.2) is 11.5 Å². The van der Waals surface area contributed by atoms with E-state index in [4.69, 9.17) is 9.47 Å². The molecule has 1 aromatic heterocycles. The van der Waals surface area contributed by atoms with E-state index < -0.39 is 0 Å². The van der Waals surface area contributed by atoms with Crippen molar-refractivity contribution >= 4 is 16.7 Å². The topological polar surface area (TPSA) is 71.6 Å². The van der Waals surface area contributed by atoms with Crippen LogP contribution in [0.5, 0.6) is 11.5 Å². The fourth-order valence-electron chi connectivity index (χ4n) is 4.73. The van der Waals surface area contributed by atoms with Crippen molar-refractivity contribution < 1.29 is 14.3 Å². The summed E-state index contributed by atoms with van der Waals surface area (Å²) in [6.45, 7) is 3.91. The highest BCUT2D eigenvalue weighted by atomic mass is 16.7. The third kappa shape index (κ3) is 3.32. The summed E-state index contributed by atoms with van der Waals surface area (Å²) in [4.78, 5) is 30.1. The van der Waals surface area contributed by atoms with Crippen LogP contribution in [0.3, 0.4) is 0 Å². The third-order valence-electron chi connectivity index (χ3n) is 6.18. The quantitative estimate of drug-likeness (QED) is 0.722. The zero-order valence-corrected chi connectivity index (χ0v) is 16.9. The number of hydrogen-bond donors (Lipinski definition) is 1. The number of hydrogen-bond acceptors (Lipinski definition) is 4. The summed E-state index contributed by atoms with van der Waals surface area (Å²) in [6.07, 6.45) is 4.42. The van der Waals surface area contributed by atoms with Crippen LogP contribution in [0.15, 0.2) is 53.5 Å². The molecule has 2 aliphatic heterocycles. The van der Waals surface area contributed by atoms with Crippen LogP contribution >= 0.6 is 0 Å². The van der Waals surface area contributed by atoms with E-state index >= 15 is 0 Å². The molecule has 0 radical (unpaired) electrons. The van der Waals surface area contributed by atoms with Gasteiger partial charge in [0.25, 0.3) is 11.5 Å². The van der Waals surface area contributed by atoms with Crippen LogP contribution in [0.4, 0.5) is 0 Å². The van der Waals surface area contributed by atoms with Crippen molar-refractivity contribution in [3.8, 4) is 11.5 Å². The Bertz CT molecular complexity index is 1190. The predicted octanol–water partition coefficient (Wildman–Crippen LogP) is 3.74. The van der Waals surface area contributed by atoms with Crippen molar-refractivity contribution in [3.63, 3.8) is 0 Å². The van der Waals surface area contributed by atoms with Gasteiger partial charge in [0.05, 0.1) is 5.56 Å². The number of H-pyrrole nitrogens is 1. The third-order valence-corrected chi connectivity index (χ3v) is 6.18. The van der Waals surface area contributed by atoms with E-state index in [0.29, 0.717) is 22.9 Å². The second-order valence-electron chi connectivity index (χ2n) is 8.58. The lowest BCUT2D eigenvalue weighted by Crippen LogP contribution is -2.46. The molecule has 2 aromatic carbocycles. The van der Waals surface area contributed by atoms with E-state index in [9.17, 15) is 9.59 Å². The highest BCUT2D eigenvalue weighted by Crippen LogP contribution is 2.38. The molecular weight excluding hydrogens is 380 g/mol. The molecular formula is C24H24N2O4. The molecule has 154 valence electrons. The fraction of sp³-hybridized carbons (Fsp3) is 0.333. The van der Waals surface area contributed by atoms with Crippen LogP contribution in [-0.4, -0.2) is 35.7 Å². The van der Waals surface area contributed by atoms with Gasteiger partial charge in [0.2, 0.25) is 6.79 Å². The van der Waals surface area contributed by atoms with Crippen LogP contribution < -0.4 is 15.0 Å². The molecule has 1 atom stereocenters. The molecule has 5 rings (SSSR count). The van der Waals surface area contributed by atoms with E-state index in [1.54, 1.807) is 12.3 Å². The summed E-state index contributed by atoms with van der Waals surface area (Å²) >= 11 is 0. The van der Waals surface area contributed by atoms with Crippen molar-refractivity contribution in [1.29, 1.82) is 0 Å². The Hall–Kier alpha value is -3.28. The van der Waals surface area contributed by atoms with Gasteiger partial charge < -0.3 is 19.4 Å². The molecule has 0 unspecified atom stereocenters. The number of pyridine rings is 1.